The number of para-hydroxylation sites is 1. The summed E-state index contributed by atoms with van der Waals surface area (Å²) >= 11 is 5.38. The van der Waals surface area contributed by atoms with E-state index in [9.17, 15) is 0 Å². The third-order valence-corrected chi connectivity index (χ3v) is 4.00. The maximum atomic E-state index is 5.78. The van der Waals surface area contributed by atoms with Gasteiger partial charge in [0, 0.05) is 16.8 Å². The first-order valence-electron chi connectivity index (χ1n) is 8.10. The molecule has 0 unspecified atom stereocenters. The molecule has 0 aliphatic rings. The van der Waals surface area contributed by atoms with Crippen molar-refractivity contribution in [2.75, 3.05) is 10.6 Å². The van der Waals surface area contributed by atoms with Gasteiger partial charge in [0.15, 0.2) is 5.11 Å². The van der Waals surface area contributed by atoms with E-state index in [0.29, 0.717) is 5.11 Å². The summed E-state index contributed by atoms with van der Waals surface area (Å²) in [5.41, 5.74) is 2.73. The fourth-order valence-electron chi connectivity index (χ4n) is 2.54. The van der Waals surface area contributed by atoms with Crippen LogP contribution >= 0.6 is 12.2 Å². The van der Waals surface area contributed by atoms with Crippen LogP contribution in [0.25, 0.3) is 10.9 Å². The van der Waals surface area contributed by atoms with E-state index >= 15 is 0 Å². The second kappa shape index (κ2) is 7.25. The third kappa shape index (κ3) is 3.81. The molecule has 5 nitrogen and oxygen atoms in total. The van der Waals surface area contributed by atoms with E-state index in [2.05, 4.69) is 20.8 Å². The summed E-state index contributed by atoms with van der Waals surface area (Å²) in [5.74, 6) is 1.57. The highest BCUT2D eigenvalue weighted by Gasteiger charge is 2.02. The standard InChI is InChI=1S/C20H16N4OS/c26-20(23-16-7-6-14-13-21-24-19(14)12-16)22-15-8-10-18(11-9-15)25-17-4-2-1-3-5-17/h1-13H,(H,21,24)(H2,22,23,26). The van der Waals surface area contributed by atoms with Gasteiger partial charge in [0.2, 0.25) is 0 Å². The highest BCUT2D eigenvalue weighted by Crippen LogP contribution is 2.23. The van der Waals surface area contributed by atoms with Gasteiger partial charge >= 0.3 is 0 Å². The van der Waals surface area contributed by atoms with Crippen LogP contribution < -0.4 is 15.4 Å². The first-order valence-corrected chi connectivity index (χ1v) is 8.51. The Bertz CT molecular complexity index is 1030. The van der Waals surface area contributed by atoms with Crippen LogP contribution in [0, 0.1) is 0 Å². The van der Waals surface area contributed by atoms with Crippen molar-refractivity contribution in [3.63, 3.8) is 0 Å². The number of nitrogens with one attached hydrogen (secondary N) is 3. The number of hydrogen-bond acceptors (Lipinski definition) is 3. The zero-order chi connectivity index (χ0) is 17.8. The molecule has 1 heterocycles. The van der Waals surface area contributed by atoms with Crippen LogP contribution in [0.4, 0.5) is 11.4 Å². The maximum Gasteiger partial charge on any atom is 0.175 e. The van der Waals surface area contributed by atoms with Crippen LogP contribution in [0.15, 0.2) is 79.0 Å². The van der Waals surface area contributed by atoms with Gasteiger partial charge in [0.05, 0.1) is 11.7 Å². The van der Waals surface area contributed by atoms with Crippen molar-refractivity contribution in [3.05, 3.63) is 79.0 Å². The quantitative estimate of drug-likeness (QED) is 0.439. The molecule has 0 atom stereocenters. The number of benzene rings is 3. The molecule has 0 saturated carbocycles. The highest BCUT2D eigenvalue weighted by atomic mass is 32.1. The SMILES string of the molecule is S=C(Nc1ccc(Oc2ccccc2)cc1)Nc1ccc2cn[nH]c2c1. The molecule has 0 fully saturated rings. The van der Waals surface area contributed by atoms with Crippen molar-refractivity contribution in [3.8, 4) is 11.5 Å². The van der Waals surface area contributed by atoms with Gasteiger partial charge in [-0.05, 0) is 66.8 Å². The molecule has 4 aromatic rings. The fourth-order valence-corrected chi connectivity index (χ4v) is 2.77. The lowest BCUT2D eigenvalue weighted by molar-refractivity contribution is 0.483. The van der Waals surface area contributed by atoms with Crippen molar-refractivity contribution in [2.45, 2.75) is 0 Å². The first-order chi connectivity index (χ1) is 12.8. The number of H-pyrrole nitrogens is 1. The van der Waals surface area contributed by atoms with Crippen molar-refractivity contribution in [1.82, 2.24) is 10.2 Å². The lowest BCUT2D eigenvalue weighted by Gasteiger charge is -2.11. The molecule has 128 valence electrons. The van der Waals surface area contributed by atoms with E-state index in [-0.39, 0.29) is 0 Å². The Morgan fingerprint density at radius 2 is 1.54 bits per heavy atom. The topological polar surface area (TPSA) is 62.0 Å². The molecule has 6 heteroatoms. The van der Waals surface area contributed by atoms with E-state index in [1.807, 2.05) is 72.8 Å². The summed E-state index contributed by atoms with van der Waals surface area (Å²) in [6.07, 6.45) is 1.79. The van der Waals surface area contributed by atoms with Gasteiger partial charge in [0.1, 0.15) is 11.5 Å². The summed E-state index contributed by atoms with van der Waals surface area (Å²) in [7, 11) is 0. The monoisotopic (exact) mass is 360 g/mol. The van der Waals surface area contributed by atoms with Crippen molar-refractivity contribution in [1.29, 1.82) is 0 Å². The minimum Gasteiger partial charge on any atom is -0.457 e. The minimum atomic E-state index is 0.514. The molecule has 1 aromatic heterocycles. The van der Waals surface area contributed by atoms with Crippen molar-refractivity contribution in [2.24, 2.45) is 0 Å². The number of rotatable bonds is 4. The molecule has 3 N–H and O–H groups in total. The molecule has 26 heavy (non-hydrogen) atoms. The van der Waals surface area contributed by atoms with E-state index in [4.69, 9.17) is 17.0 Å². The van der Waals surface area contributed by atoms with E-state index in [0.717, 1.165) is 33.8 Å². The number of hydrogen-bond donors (Lipinski definition) is 3. The number of ether oxygens (including phenoxy) is 1. The second-order valence-electron chi connectivity index (χ2n) is 5.69. The van der Waals surface area contributed by atoms with Gasteiger partial charge < -0.3 is 15.4 Å². The molecule has 0 saturated heterocycles. The number of aromatic nitrogens is 2. The van der Waals surface area contributed by atoms with Crippen LogP contribution in [0.3, 0.4) is 0 Å². The molecule has 3 aromatic carbocycles. The summed E-state index contributed by atoms with van der Waals surface area (Å²) in [6, 6.07) is 23.2. The fraction of sp³-hybridized carbons (Fsp3) is 0. The van der Waals surface area contributed by atoms with E-state index in [1.165, 1.54) is 0 Å². The number of aromatic amines is 1. The molecule has 0 bridgehead atoms. The Balaban J connectivity index is 1.38. The Kier molecular flexibility index (Phi) is 4.49. The summed E-state index contributed by atoms with van der Waals surface area (Å²) in [5, 5.41) is 14.9. The van der Waals surface area contributed by atoms with Crippen LogP contribution in [-0.4, -0.2) is 15.3 Å². The average Bonchev–Trinajstić information content (AvgIpc) is 3.12. The van der Waals surface area contributed by atoms with Crippen LogP contribution in [-0.2, 0) is 0 Å². The smallest absolute Gasteiger partial charge is 0.175 e. The van der Waals surface area contributed by atoms with Crippen LogP contribution in [0.1, 0.15) is 0 Å². The summed E-state index contributed by atoms with van der Waals surface area (Å²) < 4.78 is 5.78. The Morgan fingerprint density at radius 3 is 2.35 bits per heavy atom. The van der Waals surface area contributed by atoms with Gasteiger partial charge in [-0.1, -0.05) is 18.2 Å². The largest absolute Gasteiger partial charge is 0.457 e. The Morgan fingerprint density at radius 1 is 0.846 bits per heavy atom. The number of thiocarbonyl (C=S) groups is 1. The normalized spacial score (nSPS) is 10.5. The lowest BCUT2D eigenvalue weighted by Crippen LogP contribution is -2.18. The molecule has 4 rings (SSSR count). The van der Waals surface area contributed by atoms with Crippen molar-refractivity contribution < 1.29 is 4.74 Å². The number of anilines is 2. The zero-order valence-corrected chi connectivity index (χ0v) is 14.6. The summed E-state index contributed by atoms with van der Waals surface area (Å²) in [4.78, 5) is 0. The molecule has 0 spiro atoms. The predicted molar refractivity (Wildman–Crippen MR) is 109 cm³/mol. The number of fused-ring (bicyclic) bond motifs is 1. The first kappa shape index (κ1) is 16.1. The second-order valence-corrected chi connectivity index (χ2v) is 6.10. The molecular formula is C20H16N4OS. The molecule has 0 radical (unpaired) electrons. The maximum absolute atomic E-state index is 5.78. The number of nitrogens with zero attached hydrogens (tertiary/aromatic N) is 1. The third-order valence-electron chi connectivity index (χ3n) is 3.79. The van der Waals surface area contributed by atoms with Gasteiger partial charge in [-0.2, -0.15) is 5.10 Å². The van der Waals surface area contributed by atoms with Crippen LogP contribution in [0.2, 0.25) is 0 Å². The lowest BCUT2D eigenvalue weighted by atomic mass is 10.2. The summed E-state index contributed by atoms with van der Waals surface area (Å²) in [6.45, 7) is 0. The van der Waals surface area contributed by atoms with Crippen LogP contribution in [0.5, 0.6) is 11.5 Å². The van der Waals surface area contributed by atoms with Gasteiger partial charge in [-0.25, -0.2) is 0 Å². The van der Waals surface area contributed by atoms with Gasteiger partial charge in [0.25, 0.3) is 0 Å². The zero-order valence-electron chi connectivity index (χ0n) is 13.8. The average molecular weight is 360 g/mol. The van der Waals surface area contributed by atoms with E-state index in [1.54, 1.807) is 6.20 Å². The predicted octanol–water partition coefficient (Wildman–Crippen LogP) is 5.16. The molecule has 0 amide bonds. The Hall–Kier alpha value is -3.38. The van der Waals surface area contributed by atoms with E-state index < -0.39 is 0 Å². The van der Waals surface area contributed by atoms with Crippen molar-refractivity contribution >= 4 is 39.6 Å². The molecule has 0 aliphatic heterocycles. The Labute approximate surface area is 156 Å². The molecular weight excluding hydrogens is 344 g/mol. The molecule has 0 aliphatic carbocycles. The minimum absolute atomic E-state index is 0.514. The van der Waals surface area contributed by atoms with Gasteiger partial charge in [-0.3, -0.25) is 5.10 Å². The highest BCUT2D eigenvalue weighted by molar-refractivity contribution is 7.80. The van der Waals surface area contributed by atoms with Gasteiger partial charge in [-0.15, -0.1) is 0 Å².